The number of ether oxygens (including phenoxy) is 1. The van der Waals surface area contributed by atoms with Crippen molar-refractivity contribution in [1.82, 2.24) is 14.5 Å². The molecule has 4 aromatic rings. The van der Waals surface area contributed by atoms with Crippen LogP contribution in [0.25, 0.3) is 22.3 Å². The molecular weight excluding hydrogens is 401 g/mol. The molecule has 0 fully saturated rings. The normalized spacial score (nSPS) is 11.2. The van der Waals surface area contributed by atoms with Crippen molar-refractivity contribution in [2.45, 2.75) is 13.0 Å². The van der Waals surface area contributed by atoms with Gasteiger partial charge in [-0.1, -0.05) is 18.2 Å². The Morgan fingerprint density at radius 3 is 2.74 bits per heavy atom. The van der Waals surface area contributed by atoms with Crippen LogP contribution in [0.1, 0.15) is 21.7 Å². The summed E-state index contributed by atoms with van der Waals surface area (Å²) in [5.41, 5.74) is 2.74. The van der Waals surface area contributed by atoms with Crippen molar-refractivity contribution in [1.29, 1.82) is 0 Å². The highest BCUT2D eigenvalue weighted by Crippen LogP contribution is 2.24. The van der Waals surface area contributed by atoms with E-state index < -0.39 is 11.8 Å². The molecule has 8 heteroatoms. The van der Waals surface area contributed by atoms with E-state index in [2.05, 4.69) is 9.97 Å². The summed E-state index contributed by atoms with van der Waals surface area (Å²) >= 11 is 0. The average Bonchev–Trinajstić information content (AvgIpc) is 3.09. The Morgan fingerprint density at radius 2 is 2.03 bits per heavy atom. The third-order valence-electron chi connectivity index (χ3n) is 5.07. The number of methoxy groups -OCH3 is 1. The topological polar surface area (TPSA) is 97.2 Å². The van der Waals surface area contributed by atoms with Crippen molar-refractivity contribution < 1.29 is 19.0 Å². The number of hydrogen-bond donors (Lipinski definition) is 2. The molecule has 0 atom stereocenters. The molecule has 0 aliphatic rings. The first-order valence-corrected chi connectivity index (χ1v) is 9.66. The molecule has 0 amide bonds. The highest BCUT2D eigenvalue weighted by Gasteiger charge is 2.16. The van der Waals surface area contributed by atoms with Crippen LogP contribution in [0.3, 0.4) is 0 Å². The molecule has 0 saturated heterocycles. The number of nitrogens with one attached hydrogen (secondary N) is 1. The van der Waals surface area contributed by atoms with E-state index in [1.54, 1.807) is 43.5 Å². The molecule has 2 heterocycles. The predicted molar refractivity (Wildman–Crippen MR) is 114 cm³/mol. The maximum absolute atomic E-state index is 14.9. The summed E-state index contributed by atoms with van der Waals surface area (Å²) in [6, 6.07) is 14.2. The third kappa shape index (κ3) is 4.24. The quantitative estimate of drug-likeness (QED) is 0.476. The second-order valence-electron chi connectivity index (χ2n) is 7.09. The van der Waals surface area contributed by atoms with Crippen LogP contribution in [0.15, 0.2) is 59.4 Å². The number of imidazole rings is 1. The van der Waals surface area contributed by atoms with Crippen molar-refractivity contribution in [3.63, 3.8) is 0 Å². The number of aromatic amines is 1. The Labute approximate surface area is 176 Å². The largest absolute Gasteiger partial charge is 0.478 e. The van der Waals surface area contributed by atoms with E-state index >= 15 is 0 Å². The molecule has 4 rings (SSSR count). The molecule has 0 aliphatic heterocycles. The predicted octanol–water partition coefficient (Wildman–Crippen LogP) is 3.47. The second-order valence-corrected chi connectivity index (χ2v) is 7.09. The van der Waals surface area contributed by atoms with Crippen molar-refractivity contribution in [2.75, 3.05) is 13.7 Å². The number of rotatable bonds is 7. The number of aromatic carboxylic acids is 1. The van der Waals surface area contributed by atoms with Gasteiger partial charge in [0.15, 0.2) is 0 Å². The number of pyridine rings is 1. The Hall–Kier alpha value is -3.78. The van der Waals surface area contributed by atoms with E-state index in [4.69, 9.17) is 4.74 Å². The summed E-state index contributed by atoms with van der Waals surface area (Å²) in [5, 5.41) is 9.30. The minimum Gasteiger partial charge on any atom is -0.478 e. The smallest absolute Gasteiger partial charge is 0.335 e. The highest BCUT2D eigenvalue weighted by atomic mass is 19.1. The number of halogens is 1. The Bertz CT molecular complexity index is 1330. The van der Waals surface area contributed by atoms with E-state index in [0.29, 0.717) is 46.8 Å². The summed E-state index contributed by atoms with van der Waals surface area (Å²) in [4.78, 5) is 30.2. The summed E-state index contributed by atoms with van der Waals surface area (Å²) in [7, 11) is 1.58. The first-order chi connectivity index (χ1) is 15.0. The van der Waals surface area contributed by atoms with Crippen LogP contribution in [0.5, 0.6) is 0 Å². The third-order valence-corrected chi connectivity index (χ3v) is 5.07. The van der Waals surface area contributed by atoms with Crippen LogP contribution >= 0.6 is 0 Å². The maximum Gasteiger partial charge on any atom is 0.335 e. The van der Waals surface area contributed by atoms with E-state index in [1.807, 2.05) is 4.57 Å². The molecule has 0 saturated carbocycles. The number of benzene rings is 2. The van der Waals surface area contributed by atoms with Crippen LogP contribution in [-0.4, -0.2) is 39.3 Å². The lowest BCUT2D eigenvalue weighted by atomic mass is 10.1. The molecule has 2 aromatic heterocycles. The van der Waals surface area contributed by atoms with Gasteiger partial charge in [-0.15, -0.1) is 0 Å². The summed E-state index contributed by atoms with van der Waals surface area (Å²) < 4.78 is 21.9. The fourth-order valence-corrected chi connectivity index (χ4v) is 3.52. The van der Waals surface area contributed by atoms with Crippen molar-refractivity contribution in [2.24, 2.45) is 0 Å². The van der Waals surface area contributed by atoms with Crippen LogP contribution in [-0.2, 0) is 17.7 Å². The van der Waals surface area contributed by atoms with Crippen LogP contribution in [0.2, 0.25) is 0 Å². The van der Waals surface area contributed by atoms with Gasteiger partial charge in [-0.05, 0) is 35.9 Å². The lowest BCUT2D eigenvalue weighted by molar-refractivity contribution is 0.0697. The lowest BCUT2D eigenvalue weighted by Gasteiger charge is -2.10. The van der Waals surface area contributed by atoms with Gasteiger partial charge < -0.3 is 19.4 Å². The van der Waals surface area contributed by atoms with Crippen molar-refractivity contribution in [3.8, 4) is 11.3 Å². The van der Waals surface area contributed by atoms with E-state index in [1.165, 1.54) is 18.2 Å². The summed E-state index contributed by atoms with van der Waals surface area (Å²) in [6.07, 6.45) is 0.220. The van der Waals surface area contributed by atoms with E-state index in [9.17, 15) is 19.1 Å². The lowest BCUT2D eigenvalue weighted by Crippen LogP contribution is -2.10. The molecular formula is C23H20FN3O4. The number of fused-ring (bicyclic) bond motifs is 1. The average molecular weight is 421 g/mol. The molecule has 0 unspecified atom stereocenters. The second kappa shape index (κ2) is 8.53. The van der Waals surface area contributed by atoms with Gasteiger partial charge in [-0.25, -0.2) is 14.2 Å². The Kier molecular flexibility index (Phi) is 5.64. The fourth-order valence-electron chi connectivity index (χ4n) is 3.52. The van der Waals surface area contributed by atoms with Crippen LogP contribution in [0.4, 0.5) is 4.39 Å². The Balaban J connectivity index is 1.72. The van der Waals surface area contributed by atoms with Crippen LogP contribution in [0, 0.1) is 5.82 Å². The van der Waals surface area contributed by atoms with Gasteiger partial charge in [-0.3, -0.25) is 4.79 Å². The van der Waals surface area contributed by atoms with Gasteiger partial charge in [0.25, 0.3) is 0 Å². The molecule has 2 N–H and O–H groups in total. The SMILES string of the molecule is COCCn1c(Cc2ccc(-c3cccc(=O)[nH]3)cc2F)nc2ccc(C(=O)O)cc21. The molecule has 0 aliphatic carbocycles. The number of aromatic nitrogens is 3. The standard InChI is InChI=1S/C23H20FN3O4/c1-31-10-9-27-20-12-16(23(29)30)7-8-19(20)25-21(27)13-14-5-6-15(11-17(14)24)18-3-2-4-22(28)26-18/h2-8,11-12H,9-10,13H2,1H3,(H,26,28)(H,29,30). The Morgan fingerprint density at radius 1 is 1.19 bits per heavy atom. The van der Waals surface area contributed by atoms with Crippen LogP contribution < -0.4 is 5.56 Å². The molecule has 7 nitrogen and oxygen atoms in total. The zero-order chi connectivity index (χ0) is 22.0. The van der Waals surface area contributed by atoms with Gasteiger partial charge in [0.1, 0.15) is 11.6 Å². The molecule has 31 heavy (non-hydrogen) atoms. The minimum absolute atomic E-state index is 0.157. The number of hydrogen-bond acceptors (Lipinski definition) is 4. The zero-order valence-electron chi connectivity index (χ0n) is 16.8. The zero-order valence-corrected chi connectivity index (χ0v) is 16.8. The monoisotopic (exact) mass is 421 g/mol. The minimum atomic E-state index is -1.02. The van der Waals surface area contributed by atoms with Gasteiger partial charge in [0.2, 0.25) is 5.56 Å². The maximum atomic E-state index is 14.9. The van der Waals surface area contributed by atoms with Crippen molar-refractivity contribution in [3.05, 3.63) is 87.7 Å². The first kappa shape index (κ1) is 20.5. The van der Waals surface area contributed by atoms with Gasteiger partial charge in [0, 0.05) is 37.4 Å². The summed E-state index contributed by atoms with van der Waals surface area (Å²) in [5.74, 6) is -0.836. The number of nitrogens with zero attached hydrogens (tertiary/aromatic N) is 2. The highest BCUT2D eigenvalue weighted by molar-refractivity contribution is 5.92. The number of H-pyrrole nitrogens is 1. The molecule has 158 valence electrons. The first-order valence-electron chi connectivity index (χ1n) is 9.66. The van der Waals surface area contributed by atoms with Crippen molar-refractivity contribution >= 4 is 17.0 Å². The van der Waals surface area contributed by atoms with Gasteiger partial charge in [0.05, 0.1) is 23.2 Å². The molecule has 0 bridgehead atoms. The van der Waals surface area contributed by atoms with E-state index in [0.717, 1.165) is 0 Å². The fraction of sp³-hybridized carbons (Fsp3) is 0.174. The number of carboxylic acids is 1. The number of carboxylic acid groups (broad SMARTS) is 1. The molecule has 0 spiro atoms. The molecule has 0 radical (unpaired) electrons. The number of carbonyl (C=O) groups is 1. The molecule has 2 aromatic carbocycles. The van der Waals surface area contributed by atoms with Gasteiger partial charge >= 0.3 is 5.97 Å². The van der Waals surface area contributed by atoms with Gasteiger partial charge in [-0.2, -0.15) is 0 Å². The van der Waals surface area contributed by atoms with E-state index in [-0.39, 0.29) is 17.5 Å². The summed E-state index contributed by atoms with van der Waals surface area (Å²) in [6.45, 7) is 0.856.